The summed E-state index contributed by atoms with van der Waals surface area (Å²) in [7, 11) is 0. The summed E-state index contributed by atoms with van der Waals surface area (Å²) >= 11 is 3.27. The molecule has 5 nitrogen and oxygen atoms in total. The molecule has 0 aromatic heterocycles. The fourth-order valence-corrected chi connectivity index (χ4v) is 3.28. The lowest BCUT2D eigenvalue weighted by Crippen LogP contribution is -2.40. The Morgan fingerprint density at radius 1 is 1.38 bits per heavy atom. The summed E-state index contributed by atoms with van der Waals surface area (Å²) in [5.74, 6) is 0.0257. The Morgan fingerprint density at radius 2 is 2.05 bits per heavy atom. The highest BCUT2D eigenvalue weighted by molar-refractivity contribution is 9.10. The number of nitro groups is 1. The molecular weight excluding hydrogens is 336 g/mol. The van der Waals surface area contributed by atoms with Gasteiger partial charge in [0.1, 0.15) is 11.5 Å². The third-order valence-corrected chi connectivity index (χ3v) is 4.35. The Morgan fingerprint density at radius 3 is 2.62 bits per heavy atom. The van der Waals surface area contributed by atoms with E-state index in [-0.39, 0.29) is 29.0 Å². The predicted octanol–water partition coefficient (Wildman–Crippen LogP) is 4.09. The molecule has 1 aliphatic rings. The second kappa shape index (κ2) is 7.02. The van der Waals surface area contributed by atoms with E-state index in [4.69, 9.17) is 0 Å². The van der Waals surface area contributed by atoms with Crippen LogP contribution in [-0.4, -0.2) is 23.3 Å². The summed E-state index contributed by atoms with van der Waals surface area (Å²) in [4.78, 5) is 24.5. The van der Waals surface area contributed by atoms with Gasteiger partial charge < -0.3 is 4.90 Å². The van der Waals surface area contributed by atoms with Crippen LogP contribution in [0.2, 0.25) is 0 Å². The number of benzene rings is 1. The smallest absolute Gasteiger partial charge is 0.293 e. The van der Waals surface area contributed by atoms with Gasteiger partial charge in [0, 0.05) is 16.6 Å². The second-order valence-corrected chi connectivity index (χ2v) is 6.43. The minimum absolute atomic E-state index is 0.0257. The van der Waals surface area contributed by atoms with Crippen molar-refractivity contribution in [1.29, 1.82) is 0 Å². The Bertz CT molecular complexity index is 542. The number of anilines is 1. The number of nitro benzene ring substituents is 1. The number of ketones is 1. The lowest BCUT2D eigenvalue weighted by Gasteiger charge is -2.35. The zero-order valence-corrected chi connectivity index (χ0v) is 13.6. The lowest BCUT2D eigenvalue weighted by atomic mass is 9.93. The van der Waals surface area contributed by atoms with Crippen LogP contribution in [0.25, 0.3) is 0 Å². The van der Waals surface area contributed by atoms with Crippen LogP contribution in [0.5, 0.6) is 0 Å². The van der Waals surface area contributed by atoms with Gasteiger partial charge >= 0.3 is 0 Å². The molecule has 1 fully saturated rings. The fourth-order valence-electron chi connectivity index (χ4n) is 2.93. The highest BCUT2D eigenvalue weighted by atomic mass is 79.9. The van der Waals surface area contributed by atoms with Gasteiger partial charge in [-0.15, -0.1) is 0 Å². The number of rotatable bonds is 5. The number of hydrogen-bond acceptors (Lipinski definition) is 4. The molecule has 114 valence electrons. The maximum atomic E-state index is 11.6. The third-order valence-electron chi connectivity index (χ3n) is 3.85. The van der Waals surface area contributed by atoms with Crippen molar-refractivity contribution in [2.24, 2.45) is 0 Å². The molecule has 0 amide bonds. The molecule has 0 bridgehead atoms. The summed E-state index contributed by atoms with van der Waals surface area (Å²) in [6.07, 6.45) is 5.40. The summed E-state index contributed by atoms with van der Waals surface area (Å²) in [5, 5.41) is 11.3. The lowest BCUT2D eigenvalue weighted by molar-refractivity contribution is -0.384. The highest BCUT2D eigenvalue weighted by Gasteiger charge is 2.27. The van der Waals surface area contributed by atoms with E-state index in [1.807, 2.05) is 4.90 Å². The second-order valence-electron chi connectivity index (χ2n) is 5.51. The first-order chi connectivity index (χ1) is 9.99. The van der Waals surface area contributed by atoms with Gasteiger partial charge in [0.25, 0.3) is 5.69 Å². The van der Waals surface area contributed by atoms with Crippen molar-refractivity contribution >= 4 is 33.1 Å². The van der Waals surface area contributed by atoms with Gasteiger partial charge in [-0.3, -0.25) is 14.9 Å². The van der Waals surface area contributed by atoms with Gasteiger partial charge in [-0.25, -0.2) is 0 Å². The predicted molar refractivity (Wildman–Crippen MR) is 85.7 cm³/mol. The first-order valence-electron chi connectivity index (χ1n) is 7.19. The van der Waals surface area contributed by atoms with Crippen LogP contribution in [0, 0.1) is 10.1 Å². The van der Waals surface area contributed by atoms with Crippen molar-refractivity contribution in [3.05, 3.63) is 32.8 Å². The monoisotopic (exact) mass is 354 g/mol. The summed E-state index contributed by atoms with van der Waals surface area (Å²) in [5.41, 5.74) is 0.599. The minimum Gasteiger partial charge on any atom is -0.356 e. The first kappa shape index (κ1) is 15.9. The van der Waals surface area contributed by atoms with E-state index in [0.717, 1.165) is 25.7 Å². The van der Waals surface area contributed by atoms with Crippen LogP contribution in [0.1, 0.15) is 39.0 Å². The van der Waals surface area contributed by atoms with E-state index in [1.165, 1.54) is 19.4 Å². The standard InChI is InChI=1S/C15H19BrN2O3/c1-11(19)10-17(13-5-3-2-4-6-13)14-8-7-12(16)9-15(14)18(20)21/h7-9,13H,2-6,10H2,1H3. The molecule has 6 heteroatoms. The van der Waals surface area contributed by atoms with Crippen molar-refractivity contribution in [1.82, 2.24) is 0 Å². The minimum atomic E-state index is -0.379. The molecule has 0 atom stereocenters. The highest BCUT2D eigenvalue weighted by Crippen LogP contribution is 2.35. The number of carbonyl (C=O) groups is 1. The number of hydrogen-bond donors (Lipinski definition) is 0. The molecule has 0 heterocycles. The number of halogens is 1. The average Bonchev–Trinajstić information content (AvgIpc) is 2.45. The van der Waals surface area contributed by atoms with E-state index < -0.39 is 0 Å². The molecule has 1 aromatic carbocycles. The number of carbonyl (C=O) groups excluding carboxylic acids is 1. The molecule has 0 unspecified atom stereocenters. The third kappa shape index (κ3) is 4.03. The largest absolute Gasteiger partial charge is 0.356 e. The summed E-state index contributed by atoms with van der Waals surface area (Å²) < 4.78 is 0.671. The van der Waals surface area contributed by atoms with E-state index in [0.29, 0.717) is 10.2 Å². The van der Waals surface area contributed by atoms with E-state index in [2.05, 4.69) is 15.9 Å². The van der Waals surface area contributed by atoms with E-state index >= 15 is 0 Å². The van der Waals surface area contributed by atoms with Gasteiger partial charge in [0.2, 0.25) is 0 Å². The van der Waals surface area contributed by atoms with Crippen molar-refractivity contribution in [3.8, 4) is 0 Å². The maximum Gasteiger partial charge on any atom is 0.293 e. The van der Waals surface area contributed by atoms with Gasteiger partial charge in [-0.05, 0) is 31.9 Å². The summed E-state index contributed by atoms with van der Waals surface area (Å²) in [6.45, 7) is 1.76. The van der Waals surface area contributed by atoms with Gasteiger partial charge in [0.05, 0.1) is 11.5 Å². The van der Waals surface area contributed by atoms with E-state index in [9.17, 15) is 14.9 Å². The average molecular weight is 355 g/mol. The quantitative estimate of drug-likeness (QED) is 0.590. The van der Waals surface area contributed by atoms with Gasteiger partial charge in [-0.2, -0.15) is 0 Å². The SMILES string of the molecule is CC(=O)CN(c1ccc(Br)cc1[N+](=O)[O-])C1CCCCC1. The Hall–Kier alpha value is -1.43. The molecule has 0 radical (unpaired) electrons. The molecule has 1 aromatic rings. The molecular formula is C15H19BrN2O3. The Balaban J connectivity index is 2.39. The normalized spacial score (nSPS) is 15.7. The van der Waals surface area contributed by atoms with Crippen LogP contribution in [-0.2, 0) is 4.79 Å². The molecule has 0 spiro atoms. The maximum absolute atomic E-state index is 11.6. The number of Topliss-reactive ketones (excluding diaryl/α,β-unsaturated/α-hetero) is 1. The van der Waals surface area contributed by atoms with Crippen LogP contribution in [0.3, 0.4) is 0 Å². The van der Waals surface area contributed by atoms with Gasteiger partial charge in [-0.1, -0.05) is 35.2 Å². The van der Waals surface area contributed by atoms with Crippen LogP contribution in [0.4, 0.5) is 11.4 Å². The molecule has 1 aliphatic carbocycles. The molecule has 1 saturated carbocycles. The van der Waals surface area contributed by atoms with Crippen molar-refractivity contribution < 1.29 is 9.72 Å². The Labute approximate surface area is 132 Å². The van der Waals surface area contributed by atoms with Crippen LogP contribution >= 0.6 is 15.9 Å². The van der Waals surface area contributed by atoms with Crippen molar-refractivity contribution in [2.75, 3.05) is 11.4 Å². The number of nitrogens with zero attached hydrogens (tertiary/aromatic N) is 2. The van der Waals surface area contributed by atoms with Crippen molar-refractivity contribution in [3.63, 3.8) is 0 Å². The van der Waals surface area contributed by atoms with Crippen LogP contribution < -0.4 is 4.90 Å². The van der Waals surface area contributed by atoms with Crippen LogP contribution in [0.15, 0.2) is 22.7 Å². The molecule has 2 rings (SSSR count). The zero-order valence-electron chi connectivity index (χ0n) is 12.0. The Kier molecular flexibility index (Phi) is 5.33. The molecule has 0 N–H and O–H groups in total. The fraction of sp³-hybridized carbons (Fsp3) is 0.533. The van der Waals surface area contributed by atoms with Gasteiger partial charge in [0.15, 0.2) is 0 Å². The topological polar surface area (TPSA) is 63.5 Å². The van der Waals surface area contributed by atoms with E-state index in [1.54, 1.807) is 12.1 Å². The molecule has 0 saturated heterocycles. The first-order valence-corrected chi connectivity index (χ1v) is 7.98. The molecule has 0 aliphatic heterocycles. The summed E-state index contributed by atoms with van der Waals surface area (Å²) in [6, 6.07) is 5.24. The zero-order chi connectivity index (χ0) is 15.4. The molecule has 21 heavy (non-hydrogen) atoms. The van der Waals surface area contributed by atoms with Crippen molar-refractivity contribution in [2.45, 2.75) is 45.1 Å².